The predicted molar refractivity (Wildman–Crippen MR) is 77.9 cm³/mol. The largest absolute Gasteiger partial charge is 0.436 e. The second kappa shape index (κ2) is 5.08. The van der Waals surface area contributed by atoms with Gasteiger partial charge in [0.25, 0.3) is 0 Å². The van der Waals surface area contributed by atoms with Gasteiger partial charge in [0.1, 0.15) is 11.3 Å². The lowest BCUT2D eigenvalue weighted by molar-refractivity contribution is 0.611. The number of hydrogen-bond acceptors (Lipinski definition) is 2. The highest BCUT2D eigenvalue weighted by atomic mass is 19.1. The van der Waals surface area contributed by atoms with Gasteiger partial charge < -0.3 is 4.42 Å². The highest BCUT2D eigenvalue weighted by Crippen LogP contribution is 2.25. The van der Waals surface area contributed by atoms with Crippen LogP contribution in [0.1, 0.15) is 19.4 Å². The summed E-state index contributed by atoms with van der Waals surface area (Å²) in [5, 5.41) is 0. The third-order valence-corrected chi connectivity index (χ3v) is 3.17. The summed E-state index contributed by atoms with van der Waals surface area (Å²) in [6.07, 6.45) is 1.01. The zero-order valence-electron chi connectivity index (χ0n) is 11.6. The van der Waals surface area contributed by atoms with E-state index >= 15 is 0 Å². The number of oxazole rings is 1. The molecule has 0 spiro atoms. The van der Waals surface area contributed by atoms with Gasteiger partial charge in [-0.05, 0) is 48.2 Å². The van der Waals surface area contributed by atoms with Crippen LogP contribution in [-0.4, -0.2) is 4.98 Å². The van der Waals surface area contributed by atoms with E-state index in [9.17, 15) is 4.39 Å². The van der Waals surface area contributed by atoms with E-state index in [-0.39, 0.29) is 5.82 Å². The van der Waals surface area contributed by atoms with Gasteiger partial charge in [-0.3, -0.25) is 0 Å². The molecule has 102 valence electrons. The van der Waals surface area contributed by atoms with Crippen molar-refractivity contribution in [1.82, 2.24) is 4.98 Å². The minimum Gasteiger partial charge on any atom is -0.436 e. The molecule has 3 heteroatoms. The molecule has 1 heterocycles. The molecule has 2 nitrogen and oxygen atoms in total. The molecule has 0 saturated carbocycles. The van der Waals surface area contributed by atoms with E-state index in [4.69, 9.17) is 4.42 Å². The standard InChI is InChI=1S/C17H16FNO/c1-11(2)8-12-6-7-16-15(9-12)19-17(20-16)13-4-3-5-14(18)10-13/h3-7,9-11H,8H2,1-2H3. The Morgan fingerprint density at radius 1 is 1.15 bits per heavy atom. The SMILES string of the molecule is CC(C)Cc1ccc2oc(-c3cccc(F)c3)nc2c1. The van der Waals surface area contributed by atoms with E-state index in [1.165, 1.54) is 17.7 Å². The molecular formula is C17H16FNO. The monoisotopic (exact) mass is 269 g/mol. The fraction of sp³-hybridized carbons (Fsp3) is 0.235. The minimum absolute atomic E-state index is 0.287. The average Bonchev–Trinajstić information content (AvgIpc) is 2.81. The normalized spacial score (nSPS) is 11.4. The molecular weight excluding hydrogens is 253 g/mol. The topological polar surface area (TPSA) is 26.0 Å². The molecule has 0 aliphatic carbocycles. The van der Waals surface area contributed by atoms with Crippen LogP contribution in [0.15, 0.2) is 46.9 Å². The maximum absolute atomic E-state index is 13.2. The average molecular weight is 269 g/mol. The summed E-state index contributed by atoms with van der Waals surface area (Å²) in [7, 11) is 0. The van der Waals surface area contributed by atoms with Gasteiger partial charge in [0, 0.05) is 5.56 Å². The Hall–Kier alpha value is -2.16. The van der Waals surface area contributed by atoms with Gasteiger partial charge in [-0.15, -0.1) is 0 Å². The number of rotatable bonds is 3. The lowest BCUT2D eigenvalue weighted by atomic mass is 10.0. The van der Waals surface area contributed by atoms with E-state index in [1.54, 1.807) is 12.1 Å². The predicted octanol–water partition coefficient (Wildman–Crippen LogP) is 4.83. The first-order valence-electron chi connectivity index (χ1n) is 6.77. The Morgan fingerprint density at radius 3 is 2.75 bits per heavy atom. The van der Waals surface area contributed by atoms with Crippen molar-refractivity contribution in [2.75, 3.05) is 0 Å². The van der Waals surface area contributed by atoms with Crippen LogP contribution in [0, 0.1) is 11.7 Å². The second-order valence-corrected chi connectivity index (χ2v) is 5.43. The first-order chi connectivity index (χ1) is 9.61. The van der Waals surface area contributed by atoms with Crippen molar-refractivity contribution < 1.29 is 8.81 Å². The van der Waals surface area contributed by atoms with Crippen LogP contribution in [0.4, 0.5) is 4.39 Å². The minimum atomic E-state index is -0.287. The summed E-state index contributed by atoms with van der Waals surface area (Å²) in [4.78, 5) is 4.46. The number of benzene rings is 2. The number of aromatic nitrogens is 1. The van der Waals surface area contributed by atoms with Crippen LogP contribution in [-0.2, 0) is 6.42 Å². The van der Waals surface area contributed by atoms with E-state index in [1.807, 2.05) is 12.1 Å². The Kier molecular flexibility index (Phi) is 3.26. The van der Waals surface area contributed by atoms with Crippen LogP contribution in [0.2, 0.25) is 0 Å². The van der Waals surface area contributed by atoms with Gasteiger partial charge in [-0.1, -0.05) is 26.0 Å². The van der Waals surface area contributed by atoms with E-state index in [2.05, 4.69) is 24.9 Å². The molecule has 0 N–H and O–H groups in total. The zero-order chi connectivity index (χ0) is 14.1. The third kappa shape index (κ3) is 2.57. The third-order valence-electron chi connectivity index (χ3n) is 3.17. The molecule has 0 amide bonds. The van der Waals surface area contributed by atoms with Crippen molar-refractivity contribution in [3.63, 3.8) is 0 Å². The van der Waals surface area contributed by atoms with Crippen molar-refractivity contribution in [3.8, 4) is 11.5 Å². The van der Waals surface area contributed by atoms with E-state index in [0.717, 1.165) is 17.5 Å². The summed E-state index contributed by atoms with van der Waals surface area (Å²) in [6.45, 7) is 4.37. The first-order valence-corrected chi connectivity index (χ1v) is 6.77. The fourth-order valence-electron chi connectivity index (χ4n) is 2.32. The molecule has 0 atom stereocenters. The molecule has 20 heavy (non-hydrogen) atoms. The molecule has 0 fully saturated rings. The van der Waals surface area contributed by atoms with Gasteiger partial charge in [-0.25, -0.2) is 9.37 Å². The number of hydrogen-bond donors (Lipinski definition) is 0. The molecule has 0 aliphatic heterocycles. The Bertz CT molecular complexity index is 746. The first kappa shape index (κ1) is 12.9. The Morgan fingerprint density at radius 2 is 2.00 bits per heavy atom. The highest BCUT2D eigenvalue weighted by molar-refractivity contribution is 5.76. The van der Waals surface area contributed by atoms with Crippen molar-refractivity contribution in [3.05, 3.63) is 53.8 Å². The van der Waals surface area contributed by atoms with E-state index in [0.29, 0.717) is 17.4 Å². The number of nitrogens with zero attached hydrogens (tertiary/aromatic N) is 1. The molecule has 1 aromatic heterocycles. The lowest BCUT2D eigenvalue weighted by Crippen LogP contribution is -1.93. The molecule has 2 aromatic carbocycles. The molecule has 3 rings (SSSR count). The van der Waals surface area contributed by atoms with Crippen LogP contribution >= 0.6 is 0 Å². The van der Waals surface area contributed by atoms with Crippen LogP contribution < -0.4 is 0 Å². The van der Waals surface area contributed by atoms with Gasteiger partial charge in [-0.2, -0.15) is 0 Å². The van der Waals surface area contributed by atoms with Gasteiger partial charge in [0.15, 0.2) is 5.58 Å². The Labute approximate surface area is 117 Å². The van der Waals surface area contributed by atoms with Gasteiger partial charge >= 0.3 is 0 Å². The summed E-state index contributed by atoms with van der Waals surface area (Å²) < 4.78 is 18.9. The number of fused-ring (bicyclic) bond motifs is 1. The van der Waals surface area contributed by atoms with Crippen molar-refractivity contribution in [2.45, 2.75) is 20.3 Å². The molecule has 0 radical (unpaired) electrons. The summed E-state index contributed by atoms with van der Waals surface area (Å²) in [5.41, 5.74) is 3.46. The molecule has 0 aliphatic rings. The summed E-state index contributed by atoms with van der Waals surface area (Å²) in [5.74, 6) is 0.772. The zero-order valence-corrected chi connectivity index (χ0v) is 11.6. The van der Waals surface area contributed by atoms with E-state index < -0.39 is 0 Å². The van der Waals surface area contributed by atoms with Gasteiger partial charge in [0.2, 0.25) is 5.89 Å². The maximum atomic E-state index is 13.2. The smallest absolute Gasteiger partial charge is 0.227 e. The second-order valence-electron chi connectivity index (χ2n) is 5.43. The molecule has 0 bridgehead atoms. The summed E-state index contributed by atoms with van der Waals surface area (Å²) >= 11 is 0. The van der Waals surface area contributed by atoms with Crippen molar-refractivity contribution >= 4 is 11.1 Å². The molecule has 0 unspecified atom stereocenters. The van der Waals surface area contributed by atoms with Crippen molar-refractivity contribution in [2.24, 2.45) is 5.92 Å². The Balaban J connectivity index is 2.02. The maximum Gasteiger partial charge on any atom is 0.227 e. The van der Waals surface area contributed by atoms with Crippen LogP contribution in [0.3, 0.4) is 0 Å². The van der Waals surface area contributed by atoms with Crippen LogP contribution in [0.25, 0.3) is 22.6 Å². The lowest BCUT2D eigenvalue weighted by Gasteiger charge is -2.03. The van der Waals surface area contributed by atoms with Crippen molar-refractivity contribution in [1.29, 1.82) is 0 Å². The quantitative estimate of drug-likeness (QED) is 0.680. The van der Waals surface area contributed by atoms with Gasteiger partial charge in [0.05, 0.1) is 0 Å². The molecule has 3 aromatic rings. The van der Waals surface area contributed by atoms with Crippen LogP contribution in [0.5, 0.6) is 0 Å². The fourth-order valence-corrected chi connectivity index (χ4v) is 2.32. The highest BCUT2D eigenvalue weighted by Gasteiger charge is 2.09. The molecule has 0 saturated heterocycles. The summed E-state index contributed by atoms with van der Waals surface area (Å²) in [6, 6.07) is 12.3. The number of halogens is 1.